The van der Waals surface area contributed by atoms with Crippen LogP contribution in [0, 0.1) is 13.8 Å². The first kappa shape index (κ1) is 14.0. The van der Waals surface area contributed by atoms with Crippen molar-refractivity contribution in [2.75, 3.05) is 0 Å². The van der Waals surface area contributed by atoms with Crippen molar-refractivity contribution in [2.45, 2.75) is 39.5 Å². The molecule has 0 radical (unpaired) electrons. The second-order valence-corrected chi connectivity index (χ2v) is 7.45. The summed E-state index contributed by atoms with van der Waals surface area (Å²) in [5, 5.41) is 0. The van der Waals surface area contributed by atoms with E-state index in [1.165, 1.54) is 81.3 Å². The Kier molecular flexibility index (Phi) is 2.97. The van der Waals surface area contributed by atoms with Gasteiger partial charge in [0.1, 0.15) is 0 Å². The van der Waals surface area contributed by atoms with E-state index in [9.17, 15) is 0 Å². The summed E-state index contributed by atoms with van der Waals surface area (Å²) in [5.41, 5.74) is 14.4. The molecule has 2 aliphatic carbocycles. The summed E-state index contributed by atoms with van der Waals surface area (Å²) in [5.74, 6) is 0. The van der Waals surface area contributed by atoms with Crippen molar-refractivity contribution in [1.29, 1.82) is 0 Å². The topological polar surface area (TPSA) is 0 Å². The van der Waals surface area contributed by atoms with E-state index in [0.717, 1.165) is 0 Å². The van der Waals surface area contributed by atoms with E-state index >= 15 is 0 Å². The summed E-state index contributed by atoms with van der Waals surface area (Å²) >= 11 is 0. The average Bonchev–Trinajstić information content (AvgIpc) is 2.52. The molecule has 0 saturated carbocycles. The van der Waals surface area contributed by atoms with E-state index in [0.29, 0.717) is 0 Å². The summed E-state index contributed by atoms with van der Waals surface area (Å²) in [4.78, 5) is 0. The van der Waals surface area contributed by atoms with E-state index in [-0.39, 0.29) is 0 Å². The highest BCUT2D eigenvalue weighted by Crippen LogP contribution is 2.36. The molecular weight excluding hydrogens is 288 g/mol. The SMILES string of the molecule is Cc1cc(-c2ccc3c(c2)CC3)c(C)cc1-c1ccc2c(c1)CC2. The maximum absolute atomic E-state index is 2.39. The minimum absolute atomic E-state index is 1.24. The third-order valence-corrected chi connectivity index (χ3v) is 5.93. The maximum atomic E-state index is 2.39. The highest BCUT2D eigenvalue weighted by molar-refractivity contribution is 5.77. The van der Waals surface area contributed by atoms with Gasteiger partial charge in [-0.15, -0.1) is 0 Å². The molecule has 2 aliphatic rings. The van der Waals surface area contributed by atoms with Crippen molar-refractivity contribution in [3.05, 3.63) is 81.9 Å². The van der Waals surface area contributed by atoms with E-state index in [1.807, 2.05) is 0 Å². The van der Waals surface area contributed by atoms with Crippen molar-refractivity contribution in [3.8, 4) is 22.3 Å². The molecule has 0 unspecified atom stereocenters. The van der Waals surface area contributed by atoms with Crippen LogP contribution in [-0.2, 0) is 25.7 Å². The van der Waals surface area contributed by atoms with Crippen molar-refractivity contribution < 1.29 is 0 Å². The van der Waals surface area contributed by atoms with Gasteiger partial charge in [0.25, 0.3) is 0 Å². The zero-order valence-corrected chi connectivity index (χ0v) is 14.4. The molecule has 0 bridgehead atoms. The third kappa shape index (κ3) is 2.06. The Hall–Kier alpha value is -2.34. The van der Waals surface area contributed by atoms with Gasteiger partial charge in [0.2, 0.25) is 0 Å². The van der Waals surface area contributed by atoms with Crippen LogP contribution in [0.25, 0.3) is 22.3 Å². The second-order valence-electron chi connectivity index (χ2n) is 7.45. The summed E-state index contributed by atoms with van der Waals surface area (Å²) in [6.07, 6.45) is 5.00. The smallest absolute Gasteiger partial charge is 0.0152 e. The maximum Gasteiger partial charge on any atom is -0.0152 e. The standard InChI is InChI=1S/C24H22/c1-15-11-24(22-10-6-18-4-8-20(18)14-22)16(2)12-23(15)21-9-5-17-3-7-19(17)13-21/h5-6,9-14H,3-4,7-8H2,1-2H3. The minimum atomic E-state index is 1.24. The first-order valence-corrected chi connectivity index (χ1v) is 9.04. The largest absolute Gasteiger partial charge is 0.0581 e. The van der Waals surface area contributed by atoms with Gasteiger partial charge in [0.05, 0.1) is 0 Å². The van der Waals surface area contributed by atoms with E-state index in [1.54, 1.807) is 0 Å². The number of fused-ring (bicyclic) bond motifs is 2. The quantitative estimate of drug-likeness (QED) is 0.558. The lowest BCUT2D eigenvalue weighted by molar-refractivity contribution is 0.840. The molecule has 0 N–H and O–H groups in total. The zero-order valence-electron chi connectivity index (χ0n) is 14.4. The minimum Gasteiger partial charge on any atom is -0.0581 e. The molecule has 0 saturated heterocycles. The first-order valence-electron chi connectivity index (χ1n) is 9.04. The molecule has 0 atom stereocenters. The molecule has 0 heterocycles. The van der Waals surface area contributed by atoms with E-state index in [4.69, 9.17) is 0 Å². The Bertz CT molecular complexity index is 894. The van der Waals surface area contributed by atoms with Gasteiger partial charge in [-0.05, 0) is 95.2 Å². The van der Waals surface area contributed by atoms with Gasteiger partial charge in [0, 0.05) is 0 Å². The first-order chi connectivity index (χ1) is 11.7. The highest BCUT2D eigenvalue weighted by atomic mass is 14.2. The Labute approximate surface area is 144 Å². The predicted octanol–water partition coefficient (Wildman–Crippen LogP) is 5.83. The van der Waals surface area contributed by atoms with Crippen LogP contribution < -0.4 is 0 Å². The Balaban J connectivity index is 1.60. The van der Waals surface area contributed by atoms with Gasteiger partial charge in [-0.1, -0.05) is 48.5 Å². The van der Waals surface area contributed by atoms with E-state index < -0.39 is 0 Å². The molecule has 118 valence electrons. The molecule has 5 rings (SSSR count). The van der Waals surface area contributed by atoms with Crippen molar-refractivity contribution in [2.24, 2.45) is 0 Å². The summed E-state index contributed by atoms with van der Waals surface area (Å²) in [6, 6.07) is 18.8. The zero-order chi connectivity index (χ0) is 16.3. The van der Waals surface area contributed by atoms with Crippen molar-refractivity contribution in [3.63, 3.8) is 0 Å². The van der Waals surface area contributed by atoms with Gasteiger partial charge in [-0.25, -0.2) is 0 Å². The summed E-state index contributed by atoms with van der Waals surface area (Å²) < 4.78 is 0. The lowest BCUT2D eigenvalue weighted by atomic mass is 9.83. The normalized spacial score (nSPS) is 14.4. The fraction of sp³-hybridized carbons (Fsp3) is 0.250. The van der Waals surface area contributed by atoms with Crippen LogP contribution in [-0.4, -0.2) is 0 Å². The number of hydrogen-bond acceptors (Lipinski definition) is 0. The number of benzene rings is 3. The van der Waals surface area contributed by atoms with Crippen molar-refractivity contribution in [1.82, 2.24) is 0 Å². The molecule has 0 heteroatoms. The molecule has 0 aliphatic heterocycles. The lowest BCUT2D eigenvalue weighted by Gasteiger charge is -2.22. The number of aryl methyl sites for hydroxylation is 6. The summed E-state index contributed by atoms with van der Waals surface area (Å²) in [6.45, 7) is 4.50. The van der Waals surface area contributed by atoms with Crippen LogP contribution in [0.4, 0.5) is 0 Å². The molecule has 24 heavy (non-hydrogen) atoms. The van der Waals surface area contributed by atoms with Gasteiger partial charge in [-0.3, -0.25) is 0 Å². The monoisotopic (exact) mass is 310 g/mol. The van der Waals surface area contributed by atoms with Crippen LogP contribution >= 0.6 is 0 Å². The van der Waals surface area contributed by atoms with Crippen LogP contribution in [0.5, 0.6) is 0 Å². The Morgan fingerprint density at radius 1 is 0.500 bits per heavy atom. The van der Waals surface area contributed by atoms with Crippen LogP contribution in [0.1, 0.15) is 33.4 Å². The molecule has 0 fully saturated rings. The molecule has 0 amide bonds. The second kappa shape index (κ2) is 5.08. The van der Waals surface area contributed by atoms with Crippen LogP contribution in [0.3, 0.4) is 0 Å². The Morgan fingerprint density at radius 3 is 1.25 bits per heavy atom. The van der Waals surface area contributed by atoms with Crippen LogP contribution in [0.15, 0.2) is 48.5 Å². The fourth-order valence-electron chi connectivity index (χ4n) is 4.16. The third-order valence-electron chi connectivity index (χ3n) is 5.93. The number of rotatable bonds is 2. The molecule has 0 aromatic heterocycles. The highest BCUT2D eigenvalue weighted by Gasteiger charge is 2.17. The molecule has 0 spiro atoms. The fourth-order valence-corrected chi connectivity index (χ4v) is 4.16. The van der Waals surface area contributed by atoms with Crippen LogP contribution in [0.2, 0.25) is 0 Å². The molecule has 0 nitrogen and oxygen atoms in total. The van der Waals surface area contributed by atoms with Gasteiger partial charge in [0.15, 0.2) is 0 Å². The number of hydrogen-bond donors (Lipinski definition) is 0. The molecule has 3 aromatic rings. The van der Waals surface area contributed by atoms with Gasteiger partial charge < -0.3 is 0 Å². The molecular formula is C24H22. The lowest BCUT2D eigenvalue weighted by Crippen LogP contribution is -2.08. The van der Waals surface area contributed by atoms with Gasteiger partial charge >= 0.3 is 0 Å². The Morgan fingerprint density at radius 2 is 0.917 bits per heavy atom. The van der Waals surface area contributed by atoms with E-state index in [2.05, 4.69) is 62.4 Å². The average molecular weight is 310 g/mol. The van der Waals surface area contributed by atoms with Crippen molar-refractivity contribution >= 4 is 0 Å². The van der Waals surface area contributed by atoms with Gasteiger partial charge in [-0.2, -0.15) is 0 Å². The predicted molar refractivity (Wildman–Crippen MR) is 102 cm³/mol. The molecule has 3 aromatic carbocycles. The summed E-state index contributed by atoms with van der Waals surface area (Å²) in [7, 11) is 0.